The molecule has 0 spiro atoms. The van der Waals surface area contributed by atoms with Crippen LogP contribution in [0.25, 0.3) is 0 Å². The third kappa shape index (κ3) is 5.55. The van der Waals surface area contributed by atoms with Gasteiger partial charge in [0.15, 0.2) is 0 Å². The quantitative estimate of drug-likeness (QED) is 0.316. The zero-order valence-electron chi connectivity index (χ0n) is 12.6. The van der Waals surface area contributed by atoms with E-state index in [9.17, 15) is 0 Å². The predicted octanol–water partition coefficient (Wildman–Crippen LogP) is 2.99. The van der Waals surface area contributed by atoms with E-state index in [1.54, 1.807) is 0 Å². The molecule has 0 saturated heterocycles. The first-order valence-corrected chi connectivity index (χ1v) is 7.28. The number of rotatable bonds is 7. The van der Waals surface area contributed by atoms with E-state index in [1.807, 2.05) is 0 Å². The molecule has 0 aromatic rings. The van der Waals surface area contributed by atoms with Crippen LogP contribution in [0.1, 0.15) is 39.0 Å². The smallest absolute Gasteiger partial charge is 0.232 e. The molecule has 1 rings (SSSR count). The lowest BCUT2D eigenvalue weighted by Gasteiger charge is -2.33. The lowest BCUT2D eigenvalue weighted by molar-refractivity contribution is -0.886. The van der Waals surface area contributed by atoms with Gasteiger partial charge in [0.1, 0.15) is 12.3 Å². The number of likely N-dealkylation sites (N-methyl/N-ethyl adjacent to an activating group) is 1. The average Bonchev–Trinajstić information content (AvgIpc) is 2.36. The first-order valence-electron chi connectivity index (χ1n) is 7.28. The van der Waals surface area contributed by atoms with Crippen LogP contribution in [0.5, 0.6) is 0 Å². The van der Waals surface area contributed by atoms with Crippen molar-refractivity contribution in [2.75, 3.05) is 33.8 Å². The summed E-state index contributed by atoms with van der Waals surface area (Å²) in [6, 6.07) is 0. The minimum absolute atomic E-state index is 0.0321. The van der Waals surface area contributed by atoms with Gasteiger partial charge in [-0.3, -0.25) is 10.8 Å². The van der Waals surface area contributed by atoms with E-state index in [-0.39, 0.29) is 11.6 Å². The number of unbranched alkanes of at least 4 members (excludes halogenated alkanes) is 3. The molecule has 0 saturated carbocycles. The van der Waals surface area contributed by atoms with E-state index < -0.39 is 0 Å². The van der Waals surface area contributed by atoms with Crippen LogP contribution in [0.4, 0.5) is 0 Å². The molecule has 0 unspecified atom stereocenters. The van der Waals surface area contributed by atoms with E-state index in [1.165, 1.54) is 12.8 Å². The van der Waals surface area contributed by atoms with Crippen LogP contribution in [0.15, 0.2) is 11.6 Å². The molecule has 0 atom stereocenters. The molecule has 4 nitrogen and oxygen atoms in total. The maximum atomic E-state index is 8.05. The van der Waals surface area contributed by atoms with Crippen molar-refractivity contribution in [2.45, 2.75) is 39.0 Å². The zero-order valence-corrected chi connectivity index (χ0v) is 12.6. The summed E-state index contributed by atoms with van der Waals surface area (Å²) in [6.07, 6.45) is 7.60. The molecule has 4 heteroatoms. The van der Waals surface area contributed by atoms with Gasteiger partial charge in [-0.15, -0.1) is 0 Å². The largest absolute Gasteiger partial charge is 0.477 e. The Morgan fingerprint density at radius 3 is 2.63 bits per heavy atom. The maximum absolute atomic E-state index is 8.05. The summed E-state index contributed by atoms with van der Waals surface area (Å²) in [5.74, 6) is 0.0321. The average molecular weight is 266 g/mol. The van der Waals surface area contributed by atoms with Crippen LogP contribution in [-0.2, 0) is 4.74 Å². The summed E-state index contributed by atoms with van der Waals surface area (Å²) in [5.41, 5.74) is 1.22. The van der Waals surface area contributed by atoms with Crippen molar-refractivity contribution in [2.24, 2.45) is 0 Å². The molecule has 0 aliphatic carbocycles. The van der Waals surface area contributed by atoms with Crippen molar-refractivity contribution in [3.8, 4) is 0 Å². The summed E-state index contributed by atoms with van der Waals surface area (Å²) in [7, 11) is 4.32. The van der Waals surface area contributed by atoms with E-state index >= 15 is 0 Å². The number of hydrogen-bond donors (Lipinski definition) is 2. The van der Waals surface area contributed by atoms with Crippen molar-refractivity contribution in [3.05, 3.63) is 11.6 Å². The Labute approximate surface area is 117 Å². The fourth-order valence-electron chi connectivity index (χ4n) is 2.30. The van der Waals surface area contributed by atoms with Crippen molar-refractivity contribution < 1.29 is 9.22 Å². The highest BCUT2D eigenvalue weighted by molar-refractivity contribution is 6.43. The molecule has 19 heavy (non-hydrogen) atoms. The molecule has 108 valence electrons. The highest BCUT2D eigenvalue weighted by Gasteiger charge is 2.25. The van der Waals surface area contributed by atoms with Gasteiger partial charge < -0.3 is 9.22 Å². The second-order valence-electron chi connectivity index (χ2n) is 5.95. The summed E-state index contributed by atoms with van der Waals surface area (Å²) in [6.45, 7) is 4.66. The van der Waals surface area contributed by atoms with Crippen LogP contribution in [0, 0.1) is 10.8 Å². The van der Waals surface area contributed by atoms with Crippen LogP contribution in [0.2, 0.25) is 0 Å². The second-order valence-corrected chi connectivity index (χ2v) is 5.95. The second kappa shape index (κ2) is 7.43. The van der Waals surface area contributed by atoms with Gasteiger partial charge in [0.05, 0.1) is 27.2 Å². The SMILES string of the molecule is CCCCCCOC(=N)C(=N)C1=CCC[N+](C)(C)C1. The van der Waals surface area contributed by atoms with Gasteiger partial charge in [-0.25, -0.2) is 0 Å². The molecule has 1 heterocycles. The lowest BCUT2D eigenvalue weighted by Crippen LogP contribution is -2.45. The Balaban J connectivity index is 2.36. The van der Waals surface area contributed by atoms with Crippen molar-refractivity contribution >= 4 is 11.6 Å². The van der Waals surface area contributed by atoms with E-state index in [0.29, 0.717) is 6.61 Å². The van der Waals surface area contributed by atoms with Crippen LogP contribution in [0.3, 0.4) is 0 Å². The summed E-state index contributed by atoms with van der Waals surface area (Å²) < 4.78 is 6.27. The molecule has 0 aromatic carbocycles. The maximum Gasteiger partial charge on any atom is 0.232 e. The molecule has 2 N–H and O–H groups in total. The number of nitrogens with zero attached hydrogens (tertiary/aromatic N) is 1. The molecular formula is C15H28N3O+. The molecule has 0 amide bonds. The number of nitrogens with one attached hydrogen (secondary N) is 2. The van der Waals surface area contributed by atoms with E-state index in [4.69, 9.17) is 15.6 Å². The van der Waals surface area contributed by atoms with Crippen LogP contribution in [-0.4, -0.2) is 49.9 Å². The Bertz CT molecular complexity index is 358. The Morgan fingerprint density at radius 2 is 2.00 bits per heavy atom. The third-order valence-corrected chi connectivity index (χ3v) is 3.52. The predicted molar refractivity (Wildman–Crippen MR) is 80.1 cm³/mol. The Hall–Kier alpha value is -1.16. The number of ether oxygens (including phenoxy) is 1. The molecule has 0 bridgehead atoms. The number of quaternary nitrogens is 1. The summed E-state index contributed by atoms with van der Waals surface area (Å²) in [4.78, 5) is 0. The summed E-state index contributed by atoms with van der Waals surface area (Å²) in [5, 5.41) is 15.9. The molecule has 1 aliphatic heterocycles. The molecule has 0 aromatic heterocycles. The highest BCUT2D eigenvalue weighted by Crippen LogP contribution is 2.15. The highest BCUT2D eigenvalue weighted by atomic mass is 16.5. The van der Waals surface area contributed by atoms with Gasteiger partial charge >= 0.3 is 0 Å². The van der Waals surface area contributed by atoms with Gasteiger partial charge in [0, 0.05) is 12.0 Å². The zero-order chi connectivity index (χ0) is 14.3. The molecular weight excluding hydrogens is 238 g/mol. The summed E-state index contributed by atoms with van der Waals surface area (Å²) >= 11 is 0. The van der Waals surface area contributed by atoms with Crippen molar-refractivity contribution in [1.82, 2.24) is 0 Å². The third-order valence-electron chi connectivity index (χ3n) is 3.52. The van der Waals surface area contributed by atoms with Crippen molar-refractivity contribution in [1.29, 1.82) is 10.8 Å². The topological polar surface area (TPSA) is 56.9 Å². The minimum Gasteiger partial charge on any atom is -0.477 e. The standard InChI is InChI=1S/C15H28N3O/c1-4-5-6-7-11-19-15(17)14(16)13-9-8-10-18(2,3)12-13/h9,16-17H,4-8,10-12H2,1-3H3/q+1. The van der Waals surface area contributed by atoms with Gasteiger partial charge in [0.2, 0.25) is 5.90 Å². The lowest BCUT2D eigenvalue weighted by atomic mass is 10.0. The van der Waals surface area contributed by atoms with Gasteiger partial charge in [-0.05, 0) is 6.42 Å². The molecule has 0 fully saturated rings. The first-order chi connectivity index (χ1) is 8.96. The van der Waals surface area contributed by atoms with Crippen LogP contribution >= 0.6 is 0 Å². The van der Waals surface area contributed by atoms with Gasteiger partial charge in [0.25, 0.3) is 0 Å². The van der Waals surface area contributed by atoms with Gasteiger partial charge in [-0.2, -0.15) is 0 Å². The molecule has 1 aliphatic rings. The molecule has 0 radical (unpaired) electrons. The first kappa shape index (κ1) is 15.9. The fourth-order valence-corrected chi connectivity index (χ4v) is 2.30. The van der Waals surface area contributed by atoms with Crippen molar-refractivity contribution in [3.63, 3.8) is 0 Å². The minimum atomic E-state index is 0.0321. The van der Waals surface area contributed by atoms with E-state index in [0.717, 1.165) is 42.4 Å². The monoisotopic (exact) mass is 266 g/mol. The van der Waals surface area contributed by atoms with Gasteiger partial charge in [-0.1, -0.05) is 32.3 Å². The van der Waals surface area contributed by atoms with E-state index in [2.05, 4.69) is 27.1 Å². The fraction of sp³-hybridized carbons (Fsp3) is 0.733. The number of hydrogen-bond acceptors (Lipinski definition) is 3. The Kier molecular flexibility index (Phi) is 6.22. The van der Waals surface area contributed by atoms with Crippen LogP contribution < -0.4 is 0 Å². The normalized spacial score (nSPS) is 17.7. The Morgan fingerprint density at radius 1 is 1.26 bits per heavy atom.